The first-order valence-electron chi connectivity index (χ1n) is 8.17. The molecule has 0 saturated carbocycles. The number of likely N-dealkylation sites (N-methyl/N-ethyl adjacent to an activating group) is 1. The van der Waals surface area contributed by atoms with Gasteiger partial charge in [0.25, 0.3) is 0 Å². The number of carbonyl (C=O) groups is 2. The molecule has 0 fully saturated rings. The molecule has 2 N–H and O–H groups in total. The van der Waals surface area contributed by atoms with Gasteiger partial charge in [-0.2, -0.15) is 0 Å². The Bertz CT molecular complexity index is 810. The first-order chi connectivity index (χ1) is 12.1. The molecule has 0 aromatic heterocycles. The Balaban J connectivity index is 0.00000243. The van der Waals surface area contributed by atoms with Crippen molar-refractivity contribution >= 4 is 41.5 Å². The van der Waals surface area contributed by atoms with Crippen molar-refractivity contribution in [3.05, 3.63) is 53.6 Å². The molecule has 1 aliphatic heterocycles. The second-order valence-electron chi connectivity index (χ2n) is 5.85. The van der Waals surface area contributed by atoms with E-state index < -0.39 is 6.09 Å². The molecule has 138 valence electrons. The maximum Gasteiger partial charge on any atom is 0.411 e. The van der Waals surface area contributed by atoms with Crippen LogP contribution in [-0.4, -0.2) is 32.7 Å². The Morgan fingerprint density at radius 1 is 1.08 bits per heavy atom. The van der Waals surface area contributed by atoms with Crippen LogP contribution in [-0.2, 0) is 22.4 Å². The molecule has 26 heavy (non-hydrogen) atoms. The van der Waals surface area contributed by atoms with Crippen molar-refractivity contribution in [3.63, 3.8) is 0 Å². The number of para-hydroxylation sites is 1. The third kappa shape index (κ3) is 3.98. The number of methoxy groups -OCH3 is 1. The van der Waals surface area contributed by atoms with Gasteiger partial charge in [0, 0.05) is 5.69 Å². The molecule has 1 heterocycles. The number of hydrogen-bond acceptors (Lipinski definition) is 4. The van der Waals surface area contributed by atoms with Crippen LogP contribution in [0.1, 0.15) is 11.1 Å². The molecule has 0 bridgehead atoms. The van der Waals surface area contributed by atoms with Crippen molar-refractivity contribution in [3.8, 4) is 0 Å². The zero-order valence-corrected chi connectivity index (χ0v) is 15.6. The van der Waals surface area contributed by atoms with Gasteiger partial charge in [-0.15, -0.1) is 12.4 Å². The Hall–Kier alpha value is -2.57. The van der Waals surface area contributed by atoms with E-state index >= 15 is 0 Å². The fourth-order valence-electron chi connectivity index (χ4n) is 3.07. The molecule has 0 saturated heterocycles. The Morgan fingerprint density at radius 2 is 1.77 bits per heavy atom. The predicted octanol–water partition coefficient (Wildman–Crippen LogP) is 3.27. The maximum atomic E-state index is 12.8. The standard InChI is InChI=1S/C19H21N3O3.ClH/c1-20-12-18(23)22-16-6-4-3-5-13(16)7-8-14-9-10-15(11-17(14)22)21-19(24)25-2;/h3-6,9-11,20H,7-8,12H2,1-2H3,(H,21,24);1H. The SMILES string of the molecule is CNCC(=O)N1c2ccccc2CCc2ccc(NC(=O)OC)cc21.Cl. The minimum Gasteiger partial charge on any atom is -0.453 e. The highest BCUT2D eigenvalue weighted by Crippen LogP contribution is 2.37. The van der Waals surface area contributed by atoms with Crippen LogP contribution < -0.4 is 15.5 Å². The van der Waals surface area contributed by atoms with Crippen molar-refractivity contribution in [2.24, 2.45) is 0 Å². The summed E-state index contributed by atoms with van der Waals surface area (Å²) in [6, 6.07) is 13.5. The summed E-state index contributed by atoms with van der Waals surface area (Å²) in [7, 11) is 3.07. The highest BCUT2D eigenvalue weighted by molar-refractivity contribution is 6.04. The smallest absolute Gasteiger partial charge is 0.411 e. The van der Waals surface area contributed by atoms with Crippen LogP contribution in [0.3, 0.4) is 0 Å². The molecule has 2 amide bonds. The Kier molecular flexibility index (Phi) is 6.60. The van der Waals surface area contributed by atoms with Crippen molar-refractivity contribution in [1.29, 1.82) is 0 Å². The van der Waals surface area contributed by atoms with E-state index in [0.717, 1.165) is 35.3 Å². The second-order valence-corrected chi connectivity index (χ2v) is 5.85. The van der Waals surface area contributed by atoms with Crippen molar-refractivity contribution in [2.75, 3.05) is 30.9 Å². The molecule has 0 aliphatic carbocycles. The first kappa shape index (κ1) is 19.8. The van der Waals surface area contributed by atoms with Crippen molar-refractivity contribution < 1.29 is 14.3 Å². The molecular formula is C19H22ClN3O3. The van der Waals surface area contributed by atoms with Crippen LogP contribution in [0, 0.1) is 0 Å². The highest BCUT2D eigenvalue weighted by Gasteiger charge is 2.25. The van der Waals surface area contributed by atoms with Gasteiger partial charge in [0.15, 0.2) is 0 Å². The van der Waals surface area contributed by atoms with Crippen LogP contribution >= 0.6 is 12.4 Å². The van der Waals surface area contributed by atoms with Gasteiger partial charge < -0.3 is 10.1 Å². The van der Waals surface area contributed by atoms with E-state index in [1.807, 2.05) is 36.4 Å². The molecule has 6 nitrogen and oxygen atoms in total. The minimum atomic E-state index is -0.540. The largest absolute Gasteiger partial charge is 0.453 e. The van der Waals surface area contributed by atoms with Gasteiger partial charge in [-0.1, -0.05) is 24.3 Å². The van der Waals surface area contributed by atoms with Crippen molar-refractivity contribution in [2.45, 2.75) is 12.8 Å². The lowest BCUT2D eigenvalue weighted by Gasteiger charge is -2.25. The third-order valence-corrected chi connectivity index (χ3v) is 4.23. The second kappa shape index (κ2) is 8.69. The summed E-state index contributed by atoms with van der Waals surface area (Å²) in [6.07, 6.45) is 1.15. The van der Waals surface area contributed by atoms with Crippen LogP contribution in [0.4, 0.5) is 21.9 Å². The minimum absolute atomic E-state index is 0. The van der Waals surface area contributed by atoms with Gasteiger partial charge in [-0.3, -0.25) is 15.0 Å². The number of anilines is 3. The lowest BCUT2D eigenvalue weighted by molar-refractivity contribution is -0.117. The van der Waals surface area contributed by atoms with E-state index in [1.54, 1.807) is 11.9 Å². The summed E-state index contributed by atoms with van der Waals surface area (Å²) in [5.41, 5.74) is 4.46. The summed E-state index contributed by atoms with van der Waals surface area (Å²) >= 11 is 0. The molecule has 7 heteroatoms. The van der Waals surface area contributed by atoms with E-state index in [0.29, 0.717) is 5.69 Å². The molecule has 2 aromatic rings. The predicted molar refractivity (Wildman–Crippen MR) is 105 cm³/mol. The van der Waals surface area contributed by atoms with Crippen LogP contribution in [0.15, 0.2) is 42.5 Å². The van der Waals surface area contributed by atoms with E-state index in [-0.39, 0.29) is 24.9 Å². The monoisotopic (exact) mass is 375 g/mol. The number of ether oxygens (including phenoxy) is 1. The quantitative estimate of drug-likeness (QED) is 0.863. The number of carbonyl (C=O) groups excluding carboxylic acids is 2. The number of fused-ring (bicyclic) bond motifs is 2. The summed E-state index contributed by atoms with van der Waals surface area (Å²) in [6.45, 7) is 0.225. The summed E-state index contributed by atoms with van der Waals surface area (Å²) in [5.74, 6) is -0.0479. The van der Waals surface area contributed by atoms with Crippen LogP contribution in [0.25, 0.3) is 0 Å². The average Bonchev–Trinajstić information content (AvgIpc) is 2.78. The normalized spacial score (nSPS) is 12.2. The number of amides is 2. The van der Waals surface area contributed by atoms with E-state index in [2.05, 4.69) is 21.4 Å². The van der Waals surface area contributed by atoms with Gasteiger partial charge in [0.2, 0.25) is 5.91 Å². The first-order valence-corrected chi connectivity index (χ1v) is 8.17. The van der Waals surface area contributed by atoms with E-state index in [4.69, 9.17) is 0 Å². The number of hydrogen-bond donors (Lipinski definition) is 2. The van der Waals surface area contributed by atoms with Gasteiger partial charge >= 0.3 is 6.09 Å². The number of rotatable bonds is 3. The molecule has 1 aliphatic rings. The molecular weight excluding hydrogens is 354 g/mol. The van der Waals surface area contributed by atoms with Crippen LogP contribution in [0.2, 0.25) is 0 Å². The average molecular weight is 376 g/mol. The van der Waals surface area contributed by atoms with E-state index in [9.17, 15) is 9.59 Å². The number of aryl methyl sites for hydroxylation is 2. The fourth-order valence-corrected chi connectivity index (χ4v) is 3.07. The lowest BCUT2D eigenvalue weighted by atomic mass is 10.0. The maximum absolute atomic E-state index is 12.8. The topological polar surface area (TPSA) is 70.7 Å². The summed E-state index contributed by atoms with van der Waals surface area (Å²) in [5, 5.41) is 5.58. The Morgan fingerprint density at radius 3 is 2.46 bits per heavy atom. The Labute approximate surface area is 158 Å². The van der Waals surface area contributed by atoms with Crippen LogP contribution in [0.5, 0.6) is 0 Å². The number of nitrogens with zero attached hydrogens (tertiary/aromatic N) is 1. The molecule has 0 radical (unpaired) electrons. The third-order valence-electron chi connectivity index (χ3n) is 4.23. The lowest BCUT2D eigenvalue weighted by Crippen LogP contribution is -2.34. The number of nitrogens with one attached hydrogen (secondary N) is 2. The van der Waals surface area contributed by atoms with E-state index in [1.165, 1.54) is 7.11 Å². The van der Waals surface area contributed by atoms with Crippen molar-refractivity contribution in [1.82, 2.24) is 5.32 Å². The molecule has 2 aromatic carbocycles. The van der Waals surface area contributed by atoms with Gasteiger partial charge in [0.05, 0.1) is 25.0 Å². The number of halogens is 1. The number of benzene rings is 2. The molecule has 0 unspecified atom stereocenters. The van der Waals surface area contributed by atoms with Gasteiger partial charge in [0.1, 0.15) is 0 Å². The fraction of sp³-hybridized carbons (Fsp3) is 0.263. The zero-order valence-electron chi connectivity index (χ0n) is 14.7. The molecule has 0 spiro atoms. The molecule has 3 rings (SSSR count). The summed E-state index contributed by atoms with van der Waals surface area (Å²) in [4.78, 5) is 26.1. The summed E-state index contributed by atoms with van der Waals surface area (Å²) < 4.78 is 4.65. The highest BCUT2D eigenvalue weighted by atomic mass is 35.5. The van der Waals surface area contributed by atoms with Gasteiger partial charge in [-0.05, 0) is 49.2 Å². The van der Waals surface area contributed by atoms with Gasteiger partial charge in [-0.25, -0.2) is 4.79 Å². The molecule has 0 atom stereocenters. The zero-order chi connectivity index (χ0) is 17.8.